The van der Waals surface area contributed by atoms with E-state index in [0.29, 0.717) is 19.5 Å². The Morgan fingerprint density at radius 1 is 1.40 bits per heavy atom. The zero-order valence-corrected chi connectivity index (χ0v) is 12.5. The number of nitrogens with zero attached hydrogens (tertiary/aromatic N) is 1. The van der Waals surface area contributed by atoms with Crippen LogP contribution in [0.15, 0.2) is 24.3 Å². The summed E-state index contributed by atoms with van der Waals surface area (Å²) in [6, 6.07) is 7.26. The first-order valence-electron chi connectivity index (χ1n) is 6.92. The molecule has 1 amide bonds. The lowest BCUT2D eigenvalue weighted by Crippen LogP contribution is -2.40. The number of benzene rings is 1. The second kappa shape index (κ2) is 7.99. The second-order valence-corrected chi connectivity index (χ2v) is 5.14. The lowest BCUT2D eigenvalue weighted by atomic mass is 10.1. The molecule has 1 aromatic carbocycles. The van der Waals surface area contributed by atoms with Crippen molar-refractivity contribution in [2.24, 2.45) is 5.73 Å². The fraction of sp³-hybridized carbons (Fsp3) is 0.533. The number of aliphatic hydroxyl groups excluding tert-OH is 1. The summed E-state index contributed by atoms with van der Waals surface area (Å²) in [4.78, 5) is 14.1. The lowest BCUT2D eigenvalue weighted by Gasteiger charge is -2.24. The van der Waals surface area contributed by atoms with Crippen LogP contribution >= 0.6 is 0 Å². The summed E-state index contributed by atoms with van der Waals surface area (Å²) in [6.07, 6.45) is 0.290. The minimum atomic E-state index is -0.356. The van der Waals surface area contributed by atoms with Gasteiger partial charge in [0.2, 0.25) is 5.91 Å². The highest BCUT2D eigenvalue weighted by atomic mass is 16.3. The van der Waals surface area contributed by atoms with Crippen molar-refractivity contribution in [3.63, 3.8) is 0 Å². The monoisotopic (exact) mass is 279 g/mol. The normalized spacial score (nSPS) is 14.1. The SMILES string of the molecule is CC(O)CCN(C)C(C)C(=O)Nc1ccccc1CN. The highest BCUT2D eigenvalue weighted by molar-refractivity contribution is 5.95. The Labute approximate surface area is 120 Å². The summed E-state index contributed by atoms with van der Waals surface area (Å²) < 4.78 is 0. The molecule has 20 heavy (non-hydrogen) atoms. The van der Waals surface area contributed by atoms with Crippen LogP contribution in [0.2, 0.25) is 0 Å². The van der Waals surface area contributed by atoms with Gasteiger partial charge in [-0.05, 0) is 38.9 Å². The minimum absolute atomic E-state index is 0.0704. The Morgan fingerprint density at radius 3 is 2.65 bits per heavy atom. The summed E-state index contributed by atoms with van der Waals surface area (Å²) >= 11 is 0. The molecule has 112 valence electrons. The molecule has 0 heterocycles. The first-order valence-corrected chi connectivity index (χ1v) is 6.92. The summed E-state index contributed by atoms with van der Waals surface area (Å²) in [7, 11) is 1.88. The van der Waals surface area contributed by atoms with Crippen molar-refractivity contribution in [2.45, 2.75) is 39.0 Å². The van der Waals surface area contributed by atoms with Crippen LogP contribution in [-0.2, 0) is 11.3 Å². The number of carbonyl (C=O) groups is 1. The number of rotatable bonds is 7. The van der Waals surface area contributed by atoms with Gasteiger partial charge in [-0.25, -0.2) is 0 Å². The first-order chi connectivity index (χ1) is 9.45. The number of aliphatic hydroxyl groups is 1. The van der Waals surface area contributed by atoms with Crippen molar-refractivity contribution in [1.29, 1.82) is 0 Å². The van der Waals surface area contributed by atoms with Crippen molar-refractivity contribution in [2.75, 3.05) is 18.9 Å². The zero-order valence-electron chi connectivity index (χ0n) is 12.5. The number of anilines is 1. The van der Waals surface area contributed by atoms with Crippen LogP contribution in [0.5, 0.6) is 0 Å². The Kier molecular flexibility index (Phi) is 6.64. The summed E-state index contributed by atoms with van der Waals surface area (Å²) in [5.74, 6) is -0.0704. The van der Waals surface area contributed by atoms with E-state index in [1.54, 1.807) is 6.92 Å². The van der Waals surface area contributed by atoms with E-state index in [1.165, 1.54) is 0 Å². The van der Waals surface area contributed by atoms with Crippen molar-refractivity contribution in [3.05, 3.63) is 29.8 Å². The molecule has 0 aliphatic carbocycles. The molecule has 0 spiro atoms. The fourth-order valence-corrected chi connectivity index (χ4v) is 1.84. The van der Waals surface area contributed by atoms with E-state index in [1.807, 2.05) is 43.1 Å². The molecule has 0 radical (unpaired) electrons. The number of hydrogen-bond donors (Lipinski definition) is 3. The van der Waals surface area contributed by atoms with E-state index < -0.39 is 0 Å². The molecule has 1 rings (SSSR count). The first kappa shape index (κ1) is 16.6. The smallest absolute Gasteiger partial charge is 0.241 e. The third-order valence-electron chi connectivity index (χ3n) is 3.44. The fourth-order valence-electron chi connectivity index (χ4n) is 1.84. The molecule has 0 aliphatic rings. The van der Waals surface area contributed by atoms with Gasteiger partial charge in [0.1, 0.15) is 0 Å². The van der Waals surface area contributed by atoms with Gasteiger partial charge < -0.3 is 16.2 Å². The number of para-hydroxylation sites is 1. The van der Waals surface area contributed by atoms with Gasteiger partial charge in [-0.2, -0.15) is 0 Å². The van der Waals surface area contributed by atoms with Crippen molar-refractivity contribution in [1.82, 2.24) is 4.90 Å². The highest BCUT2D eigenvalue weighted by Crippen LogP contribution is 2.15. The number of carbonyl (C=O) groups excluding carboxylic acids is 1. The molecule has 5 nitrogen and oxygen atoms in total. The van der Waals surface area contributed by atoms with Crippen LogP contribution in [-0.4, -0.2) is 41.7 Å². The van der Waals surface area contributed by atoms with E-state index in [-0.39, 0.29) is 18.1 Å². The van der Waals surface area contributed by atoms with E-state index >= 15 is 0 Å². The molecule has 2 unspecified atom stereocenters. The van der Waals surface area contributed by atoms with Crippen molar-refractivity contribution in [3.8, 4) is 0 Å². The Bertz CT molecular complexity index is 435. The van der Waals surface area contributed by atoms with E-state index in [9.17, 15) is 9.90 Å². The average molecular weight is 279 g/mol. The third-order valence-corrected chi connectivity index (χ3v) is 3.44. The number of nitrogens with one attached hydrogen (secondary N) is 1. The predicted octanol–water partition coefficient (Wildman–Crippen LogP) is 1.17. The van der Waals surface area contributed by atoms with Gasteiger partial charge in [0.05, 0.1) is 12.1 Å². The average Bonchev–Trinajstić information content (AvgIpc) is 2.44. The highest BCUT2D eigenvalue weighted by Gasteiger charge is 2.18. The molecular formula is C15H25N3O2. The van der Waals surface area contributed by atoms with Crippen LogP contribution < -0.4 is 11.1 Å². The van der Waals surface area contributed by atoms with Crippen LogP contribution in [0.4, 0.5) is 5.69 Å². The molecular weight excluding hydrogens is 254 g/mol. The standard InChI is InChI=1S/C15H25N3O2/c1-11(19)8-9-18(3)12(2)15(20)17-14-7-5-4-6-13(14)10-16/h4-7,11-12,19H,8-10,16H2,1-3H3,(H,17,20). The predicted molar refractivity (Wildman–Crippen MR) is 81.4 cm³/mol. The molecule has 0 saturated heterocycles. The summed E-state index contributed by atoms with van der Waals surface area (Å²) in [5.41, 5.74) is 7.33. The lowest BCUT2D eigenvalue weighted by molar-refractivity contribution is -0.120. The van der Waals surface area contributed by atoms with Crippen LogP contribution in [0.25, 0.3) is 0 Å². The summed E-state index contributed by atoms with van der Waals surface area (Å²) in [6.45, 7) is 4.66. The van der Waals surface area contributed by atoms with Gasteiger partial charge in [-0.15, -0.1) is 0 Å². The van der Waals surface area contributed by atoms with Crippen LogP contribution in [0.3, 0.4) is 0 Å². The second-order valence-electron chi connectivity index (χ2n) is 5.14. The number of hydrogen-bond acceptors (Lipinski definition) is 4. The third kappa shape index (κ3) is 4.92. The molecule has 4 N–H and O–H groups in total. The maximum Gasteiger partial charge on any atom is 0.241 e. The van der Waals surface area contributed by atoms with E-state index in [4.69, 9.17) is 5.73 Å². The quantitative estimate of drug-likeness (QED) is 0.700. The molecule has 0 fully saturated rings. The van der Waals surface area contributed by atoms with Gasteiger partial charge >= 0.3 is 0 Å². The maximum atomic E-state index is 12.2. The number of amides is 1. The Hall–Kier alpha value is -1.43. The van der Waals surface area contributed by atoms with Crippen LogP contribution in [0, 0.1) is 0 Å². The van der Waals surface area contributed by atoms with Gasteiger partial charge in [-0.3, -0.25) is 9.69 Å². The molecule has 1 aromatic rings. The largest absolute Gasteiger partial charge is 0.393 e. The topological polar surface area (TPSA) is 78.6 Å². The molecule has 5 heteroatoms. The number of likely N-dealkylation sites (N-methyl/N-ethyl adjacent to an activating group) is 1. The molecule has 0 aromatic heterocycles. The molecule has 0 saturated carbocycles. The van der Waals surface area contributed by atoms with Crippen molar-refractivity contribution < 1.29 is 9.90 Å². The summed E-state index contributed by atoms with van der Waals surface area (Å²) in [5, 5.41) is 12.2. The van der Waals surface area contributed by atoms with E-state index in [0.717, 1.165) is 11.3 Å². The van der Waals surface area contributed by atoms with Gasteiger partial charge in [0, 0.05) is 18.8 Å². The van der Waals surface area contributed by atoms with Crippen molar-refractivity contribution >= 4 is 11.6 Å². The Morgan fingerprint density at radius 2 is 2.05 bits per heavy atom. The van der Waals surface area contributed by atoms with Gasteiger partial charge in [0.15, 0.2) is 0 Å². The number of nitrogens with two attached hydrogens (primary N) is 1. The Balaban J connectivity index is 2.61. The zero-order chi connectivity index (χ0) is 15.1. The van der Waals surface area contributed by atoms with Gasteiger partial charge in [0.25, 0.3) is 0 Å². The molecule has 0 aliphatic heterocycles. The molecule has 2 atom stereocenters. The van der Waals surface area contributed by atoms with E-state index in [2.05, 4.69) is 5.32 Å². The molecule has 0 bridgehead atoms. The maximum absolute atomic E-state index is 12.2. The minimum Gasteiger partial charge on any atom is -0.393 e. The van der Waals surface area contributed by atoms with Gasteiger partial charge in [-0.1, -0.05) is 18.2 Å². The van der Waals surface area contributed by atoms with Crippen LogP contribution in [0.1, 0.15) is 25.8 Å².